The van der Waals surface area contributed by atoms with Gasteiger partial charge in [0.15, 0.2) is 22.2 Å². The number of pyridine rings is 1. The van der Waals surface area contributed by atoms with E-state index in [2.05, 4.69) is 20.3 Å². The van der Waals surface area contributed by atoms with Crippen LogP contribution in [0.15, 0.2) is 65.9 Å². The van der Waals surface area contributed by atoms with E-state index < -0.39 is 60.3 Å². The Morgan fingerprint density at radius 3 is 2.02 bits per heavy atom. The predicted molar refractivity (Wildman–Crippen MR) is 145 cm³/mol. The number of nitrogens with one attached hydrogen (secondary N) is 2. The Bertz CT molecular complexity index is 1410. The van der Waals surface area contributed by atoms with Crippen LogP contribution in [0.1, 0.15) is 55.2 Å². The molecule has 0 spiro atoms. The lowest BCUT2D eigenvalue weighted by Crippen LogP contribution is -2.41. The highest BCUT2D eigenvalue weighted by Gasteiger charge is 2.29. The predicted octanol–water partition coefficient (Wildman–Crippen LogP) is 4.96. The largest absolute Gasteiger partial charge is 0.460 e. The molecule has 1 unspecified atom stereocenters. The number of esters is 2. The summed E-state index contributed by atoms with van der Waals surface area (Å²) in [6, 6.07) is 11.4. The summed E-state index contributed by atoms with van der Waals surface area (Å²) >= 11 is 0. The van der Waals surface area contributed by atoms with Gasteiger partial charge in [-0.1, -0.05) is 38.1 Å². The summed E-state index contributed by atoms with van der Waals surface area (Å²) in [5.74, 6) is -4.27. The number of nitrogens with zero attached hydrogens (tertiary/aromatic N) is 3. The highest BCUT2D eigenvalue weighted by atomic mass is 19.1. The molecule has 42 heavy (non-hydrogen) atoms. The third-order valence-corrected chi connectivity index (χ3v) is 6.06. The molecule has 3 rings (SSSR count). The number of hydrogen-bond acceptors (Lipinski definition) is 9. The number of aromatic nitrogens is 1. The Morgan fingerprint density at radius 2 is 1.50 bits per heavy atom. The first-order chi connectivity index (χ1) is 20.0. The maximum absolute atomic E-state index is 13.6. The zero-order valence-corrected chi connectivity index (χ0v) is 23.3. The Balaban J connectivity index is 1.77. The van der Waals surface area contributed by atoms with Crippen molar-refractivity contribution >= 4 is 23.5 Å². The Labute approximate surface area is 240 Å². The van der Waals surface area contributed by atoms with Gasteiger partial charge in [-0.05, 0) is 55.3 Å². The van der Waals surface area contributed by atoms with Gasteiger partial charge in [0.25, 0.3) is 5.91 Å². The van der Waals surface area contributed by atoms with E-state index in [1.54, 1.807) is 45.0 Å². The quantitative estimate of drug-likeness (QED) is 0.132. The van der Waals surface area contributed by atoms with Crippen molar-refractivity contribution in [1.82, 2.24) is 15.2 Å². The smallest absolute Gasteiger partial charge is 0.328 e. The normalized spacial score (nSPS) is 12.2. The Kier molecular flexibility index (Phi) is 10.9. The molecular weight excluding hydrogens is 552 g/mol. The van der Waals surface area contributed by atoms with Crippen LogP contribution in [0.25, 0.3) is 0 Å². The molecule has 1 heterocycles. The van der Waals surface area contributed by atoms with Gasteiger partial charge >= 0.3 is 11.9 Å². The molecule has 11 nitrogen and oxygen atoms in total. The van der Waals surface area contributed by atoms with E-state index in [9.17, 15) is 23.2 Å². The van der Waals surface area contributed by atoms with Crippen LogP contribution in [0.3, 0.4) is 0 Å². The third-order valence-electron chi connectivity index (χ3n) is 6.06. The van der Waals surface area contributed by atoms with Gasteiger partial charge in [0.2, 0.25) is 11.7 Å². The fourth-order valence-electron chi connectivity index (χ4n) is 3.94. The summed E-state index contributed by atoms with van der Waals surface area (Å²) in [7, 11) is 0. The molecule has 3 aromatic rings. The van der Waals surface area contributed by atoms with E-state index in [1.807, 2.05) is 0 Å². The topological polar surface area (TPSA) is 154 Å². The summed E-state index contributed by atoms with van der Waals surface area (Å²) in [4.78, 5) is 44.9. The van der Waals surface area contributed by atoms with Crippen LogP contribution in [-0.4, -0.2) is 41.8 Å². The van der Waals surface area contributed by atoms with E-state index >= 15 is 0 Å². The number of hydrogen-bond donors (Lipinski definition) is 2. The minimum absolute atomic E-state index is 0.0314. The van der Waals surface area contributed by atoms with Crippen LogP contribution in [0.2, 0.25) is 0 Å². The van der Waals surface area contributed by atoms with Gasteiger partial charge in [0.1, 0.15) is 29.3 Å². The number of carbonyl (C=O) groups is 3. The van der Waals surface area contributed by atoms with Gasteiger partial charge in [-0.3, -0.25) is 9.59 Å². The van der Waals surface area contributed by atoms with Gasteiger partial charge < -0.3 is 19.5 Å². The summed E-state index contributed by atoms with van der Waals surface area (Å²) in [6.45, 7) is 5.73. The van der Waals surface area contributed by atoms with Crippen molar-refractivity contribution in [2.24, 2.45) is 11.0 Å². The van der Waals surface area contributed by atoms with Crippen LogP contribution in [-0.2, 0) is 19.1 Å². The first kappa shape index (κ1) is 31.5. The van der Waals surface area contributed by atoms with E-state index in [-0.39, 0.29) is 17.1 Å². The van der Waals surface area contributed by atoms with Crippen molar-refractivity contribution < 1.29 is 37.4 Å². The number of amides is 1. The van der Waals surface area contributed by atoms with Gasteiger partial charge in [0.05, 0.1) is 5.92 Å². The fourth-order valence-corrected chi connectivity index (χ4v) is 3.94. The molecule has 0 fully saturated rings. The van der Waals surface area contributed by atoms with Crippen LogP contribution < -0.4 is 15.0 Å². The molecule has 2 aromatic carbocycles. The number of ether oxygens (including phenoxy) is 3. The average molecular weight is 583 g/mol. The van der Waals surface area contributed by atoms with Crippen molar-refractivity contribution in [2.75, 3.05) is 6.79 Å². The third kappa shape index (κ3) is 8.24. The van der Waals surface area contributed by atoms with Crippen molar-refractivity contribution in [3.63, 3.8) is 0 Å². The highest BCUT2D eigenvalue weighted by Crippen LogP contribution is 2.31. The van der Waals surface area contributed by atoms with E-state index in [0.717, 1.165) is 0 Å². The number of rotatable bonds is 12. The van der Waals surface area contributed by atoms with Crippen LogP contribution in [0.4, 0.5) is 14.5 Å². The molecule has 2 N–H and O–H groups in total. The molecule has 0 bridgehead atoms. The summed E-state index contributed by atoms with van der Waals surface area (Å²) in [6.07, 6.45) is 0.425. The number of benzene rings is 2. The van der Waals surface area contributed by atoms with E-state index in [4.69, 9.17) is 19.7 Å². The summed E-state index contributed by atoms with van der Waals surface area (Å²) < 4.78 is 43.3. The first-order valence-electron chi connectivity index (χ1n) is 12.9. The Hall–Kier alpha value is -5.03. The Morgan fingerprint density at radius 1 is 0.929 bits per heavy atom. The minimum Gasteiger partial charge on any atom is -0.460 e. The van der Waals surface area contributed by atoms with Crippen molar-refractivity contribution in [1.29, 1.82) is 5.53 Å². The van der Waals surface area contributed by atoms with Crippen LogP contribution >= 0.6 is 0 Å². The molecule has 2 atom stereocenters. The molecule has 1 amide bonds. The monoisotopic (exact) mass is 582 g/mol. The second-order valence-electron chi connectivity index (χ2n) is 9.51. The lowest BCUT2D eigenvalue weighted by Gasteiger charge is -2.26. The molecule has 1 aromatic heterocycles. The maximum Gasteiger partial charge on any atom is 0.328 e. The first-order valence-corrected chi connectivity index (χ1v) is 12.9. The molecule has 0 aliphatic heterocycles. The zero-order chi connectivity index (χ0) is 30.8. The molecule has 0 saturated heterocycles. The number of carbonyl (C=O) groups excluding carboxylic acids is 3. The van der Waals surface area contributed by atoms with Crippen molar-refractivity contribution in [3.05, 3.63) is 89.2 Å². The summed E-state index contributed by atoms with van der Waals surface area (Å²) in [5.41, 5.74) is 7.95. The second-order valence-corrected chi connectivity index (χ2v) is 9.51. The second kappa shape index (κ2) is 14.6. The number of halogens is 2. The van der Waals surface area contributed by atoms with E-state index in [0.29, 0.717) is 11.1 Å². The summed E-state index contributed by atoms with van der Waals surface area (Å²) in [5, 5.41) is 6.07. The molecule has 0 aliphatic rings. The fraction of sp³-hybridized carbons (Fsp3) is 0.310. The standard InChI is InChI=1S/C29H29F2N5O6/c1-16(2)28(38)41-15-40-26-23(35-36-32)13-14-33-25(26)27(37)34-17(3)29(39)42-18(4)24(19-5-9-21(30)10-6-19)20-7-11-22(31)12-8-20/h5-14,16-18,24,32H,15H2,1-4H3/p+1/t17-,18?/m0/s1. The molecule has 13 heteroatoms. The van der Waals surface area contributed by atoms with Crippen LogP contribution in [0.5, 0.6) is 5.75 Å². The van der Waals surface area contributed by atoms with Crippen LogP contribution in [0, 0.1) is 23.1 Å². The highest BCUT2D eigenvalue weighted by molar-refractivity contribution is 5.98. The molecule has 0 radical (unpaired) electrons. The van der Waals surface area contributed by atoms with Crippen molar-refractivity contribution in [3.8, 4) is 5.75 Å². The SMILES string of the molecule is CC(C)C(=O)OCOc1c(N=[N+]=N)ccnc1C(=O)N[C@@H](C)C(=O)OC(C)C(c1ccc(F)cc1)c1ccc(F)cc1. The lowest BCUT2D eigenvalue weighted by molar-refractivity contribution is -0.154. The van der Waals surface area contributed by atoms with Gasteiger partial charge in [-0.25, -0.2) is 18.6 Å². The maximum atomic E-state index is 13.6. The lowest BCUT2D eigenvalue weighted by atomic mass is 9.87. The van der Waals surface area contributed by atoms with Gasteiger partial charge in [-0.2, -0.15) is 0 Å². The molecule has 0 aliphatic carbocycles. The minimum atomic E-state index is -1.17. The zero-order valence-electron chi connectivity index (χ0n) is 23.3. The molecular formula is C29H30F2N5O6+. The van der Waals surface area contributed by atoms with Gasteiger partial charge in [-0.15, -0.1) is 0 Å². The van der Waals surface area contributed by atoms with E-state index in [1.165, 1.54) is 43.5 Å². The van der Waals surface area contributed by atoms with Gasteiger partial charge in [0, 0.05) is 12.1 Å². The average Bonchev–Trinajstić information content (AvgIpc) is 2.95. The van der Waals surface area contributed by atoms with Crippen molar-refractivity contribution in [2.45, 2.75) is 45.8 Å². The molecule has 0 saturated carbocycles. The molecule has 220 valence electrons.